The molecular weight excluding hydrogens is 472 g/mol. The van der Waals surface area contributed by atoms with E-state index in [0.29, 0.717) is 17.0 Å². The van der Waals surface area contributed by atoms with E-state index in [1.807, 2.05) is 69.3 Å². The highest BCUT2D eigenvalue weighted by Gasteiger charge is 2.13. The third kappa shape index (κ3) is 4.60. The second-order valence-corrected chi connectivity index (χ2v) is 8.43. The highest BCUT2D eigenvalue weighted by atomic mass is 79.9. The Hall–Kier alpha value is -3.39. The standard InChI is InChI=1S/C24H23BrN4O3/c1-14-9-16(3)24(19(25)10-14)32-13-23(30)26-20-12-22-21(11-15(20)2)27-29(28-22)17-5-7-18(31-4)8-6-17/h5-12H,13H2,1-4H3,(H,26,30). The maximum absolute atomic E-state index is 12.5. The minimum absolute atomic E-state index is 0.0987. The maximum Gasteiger partial charge on any atom is 0.262 e. The molecule has 0 saturated carbocycles. The molecule has 0 aliphatic heterocycles. The van der Waals surface area contributed by atoms with Crippen molar-refractivity contribution < 1.29 is 14.3 Å². The molecule has 0 atom stereocenters. The summed E-state index contributed by atoms with van der Waals surface area (Å²) < 4.78 is 11.8. The van der Waals surface area contributed by atoms with E-state index in [9.17, 15) is 4.79 Å². The van der Waals surface area contributed by atoms with Crippen molar-refractivity contribution in [1.29, 1.82) is 0 Å². The lowest BCUT2D eigenvalue weighted by Crippen LogP contribution is -2.21. The second-order valence-electron chi connectivity index (χ2n) is 7.57. The molecule has 0 radical (unpaired) electrons. The first kappa shape index (κ1) is 21.8. The number of hydrogen-bond acceptors (Lipinski definition) is 5. The summed E-state index contributed by atoms with van der Waals surface area (Å²) in [5, 5.41) is 12.0. The molecule has 32 heavy (non-hydrogen) atoms. The molecule has 0 aliphatic rings. The fraction of sp³-hybridized carbons (Fsp3) is 0.208. The number of nitrogens with one attached hydrogen (secondary N) is 1. The Kier molecular flexibility index (Phi) is 6.14. The van der Waals surface area contributed by atoms with Crippen molar-refractivity contribution >= 4 is 38.6 Å². The summed E-state index contributed by atoms with van der Waals surface area (Å²) in [6, 6.07) is 15.2. The molecule has 7 nitrogen and oxygen atoms in total. The molecule has 4 rings (SSSR count). The van der Waals surface area contributed by atoms with Crippen LogP contribution in [0.3, 0.4) is 0 Å². The third-order valence-corrected chi connectivity index (χ3v) is 5.61. The number of nitrogens with zero attached hydrogens (tertiary/aromatic N) is 3. The largest absolute Gasteiger partial charge is 0.497 e. The van der Waals surface area contributed by atoms with Gasteiger partial charge < -0.3 is 14.8 Å². The number of ether oxygens (including phenoxy) is 2. The van der Waals surface area contributed by atoms with Gasteiger partial charge in [0.05, 0.1) is 17.3 Å². The average Bonchev–Trinajstić information content (AvgIpc) is 3.16. The summed E-state index contributed by atoms with van der Waals surface area (Å²) in [5.41, 5.74) is 5.90. The van der Waals surface area contributed by atoms with E-state index in [0.717, 1.165) is 38.1 Å². The number of halogens is 1. The van der Waals surface area contributed by atoms with Gasteiger partial charge >= 0.3 is 0 Å². The number of anilines is 1. The highest BCUT2D eigenvalue weighted by molar-refractivity contribution is 9.10. The van der Waals surface area contributed by atoms with Crippen LogP contribution in [0.2, 0.25) is 0 Å². The summed E-state index contributed by atoms with van der Waals surface area (Å²) in [6.07, 6.45) is 0. The number of benzene rings is 3. The minimum atomic E-state index is -0.248. The molecule has 0 bridgehead atoms. The molecule has 0 aliphatic carbocycles. The van der Waals surface area contributed by atoms with Crippen LogP contribution < -0.4 is 14.8 Å². The van der Waals surface area contributed by atoms with Gasteiger partial charge in [-0.15, -0.1) is 10.2 Å². The first-order valence-electron chi connectivity index (χ1n) is 10.1. The van der Waals surface area contributed by atoms with Crippen molar-refractivity contribution in [2.24, 2.45) is 0 Å². The lowest BCUT2D eigenvalue weighted by atomic mass is 10.1. The van der Waals surface area contributed by atoms with Crippen LogP contribution in [0.15, 0.2) is 53.0 Å². The molecule has 1 N–H and O–H groups in total. The molecule has 0 spiro atoms. The number of carbonyl (C=O) groups is 1. The third-order valence-electron chi connectivity index (χ3n) is 5.03. The molecule has 8 heteroatoms. The number of hydrogen-bond donors (Lipinski definition) is 1. The van der Waals surface area contributed by atoms with E-state index in [-0.39, 0.29) is 12.5 Å². The topological polar surface area (TPSA) is 78.3 Å². The number of amides is 1. The van der Waals surface area contributed by atoms with Crippen LogP contribution in [0.4, 0.5) is 5.69 Å². The molecule has 0 saturated heterocycles. The van der Waals surface area contributed by atoms with Crippen LogP contribution in [0, 0.1) is 20.8 Å². The lowest BCUT2D eigenvalue weighted by molar-refractivity contribution is -0.118. The molecule has 1 amide bonds. The number of carbonyl (C=O) groups excluding carboxylic acids is 1. The van der Waals surface area contributed by atoms with Gasteiger partial charge in [-0.05, 0) is 95.9 Å². The van der Waals surface area contributed by atoms with Crippen molar-refractivity contribution in [3.05, 3.63) is 69.7 Å². The predicted molar refractivity (Wildman–Crippen MR) is 128 cm³/mol. The van der Waals surface area contributed by atoms with Gasteiger partial charge in [-0.25, -0.2) is 0 Å². The lowest BCUT2D eigenvalue weighted by Gasteiger charge is -2.13. The Morgan fingerprint density at radius 2 is 1.69 bits per heavy atom. The van der Waals surface area contributed by atoms with E-state index in [1.165, 1.54) is 0 Å². The SMILES string of the molecule is COc1ccc(-n2nc3cc(C)c(NC(=O)COc4c(C)cc(C)cc4Br)cc3n2)cc1. The molecule has 164 valence electrons. The normalized spacial score (nSPS) is 10.9. The van der Waals surface area contributed by atoms with E-state index in [1.54, 1.807) is 11.9 Å². The Balaban J connectivity index is 1.50. The smallest absolute Gasteiger partial charge is 0.262 e. The van der Waals surface area contributed by atoms with Crippen molar-refractivity contribution in [2.45, 2.75) is 20.8 Å². The van der Waals surface area contributed by atoms with Crippen molar-refractivity contribution in [2.75, 3.05) is 19.0 Å². The van der Waals surface area contributed by atoms with Gasteiger partial charge in [-0.1, -0.05) is 6.07 Å². The van der Waals surface area contributed by atoms with Gasteiger partial charge in [-0.2, -0.15) is 4.80 Å². The molecule has 4 aromatic rings. The van der Waals surface area contributed by atoms with Crippen LogP contribution in [0.25, 0.3) is 16.7 Å². The Bertz CT molecular complexity index is 1280. The van der Waals surface area contributed by atoms with Gasteiger partial charge in [0.1, 0.15) is 22.5 Å². The molecule has 0 fully saturated rings. The Morgan fingerprint density at radius 3 is 2.34 bits per heavy atom. The van der Waals surface area contributed by atoms with Gasteiger partial charge in [0.2, 0.25) is 0 Å². The Labute approximate surface area is 194 Å². The first-order chi connectivity index (χ1) is 15.3. The van der Waals surface area contributed by atoms with E-state index in [4.69, 9.17) is 9.47 Å². The van der Waals surface area contributed by atoms with Gasteiger partial charge in [0, 0.05) is 5.69 Å². The zero-order chi connectivity index (χ0) is 22.8. The Morgan fingerprint density at radius 1 is 1.00 bits per heavy atom. The highest BCUT2D eigenvalue weighted by Crippen LogP contribution is 2.30. The van der Waals surface area contributed by atoms with E-state index >= 15 is 0 Å². The van der Waals surface area contributed by atoms with Crippen LogP contribution >= 0.6 is 15.9 Å². The van der Waals surface area contributed by atoms with Crippen LogP contribution in [-0.2, 0) is 4.79 Å². The van der Waals surface area contributed by atoms with E-state index in [2.05, 4.69) is 31.4 Å². The fourth-order valence-corrected chi connectivity index (χ4v) is 4.23. The summed E-state index contributed by atoms with van der Waals surface area (Å²) in [5.74, 6) is 1.18. The van der Waals surface area contributed by atoms with Crippen LogP contribution in [0.5, 0.6) is 11.5 Å². The van der Waals surface area contributed by atoms with Crippen LogP contribution in [0.1, 0.15) is 16.7 Å². The number of methoxy groups -OCH3 is 1. The first-order valence-corrected chi connectivity index (χ1v) is 10.8. The summed E-state index contributed by atoms with van der Waals surface area (Å²) in [4.78, 5) is 14.1. The molecule has 3 aromatic carbocycles. The fourth-order valence-electron chi connectivity index (χ4n) is 3.44. The molecule has 0 unspecified atom stereocenters. The molecule has 1 aromatic heterocycles. The zero-order valence-corrected chi connectivity index (χ0v) is 19.9. The molecule has 1 heterocycles. The van der Waals surface area contributed by atoms with Crippen LogP contribution in [-0.4, -0.2) is 34.6 Å². The quantitative estimate of drug-likeness (QED) is 0.401. The summed E-state index contributed by atoms with van der Waals surface area (Å²) in [7, 11) is 1.62. The molecular formula is C24H23BrN4O3. The van der Waals surface area contributed by atoms with Gasteiger partial charge in [0.25, 0.3) is 5.91 Å². The number of fused-ring (bicyclic) bond motifs is 1. The van der Waals surface area contributed by atoms with Crippen molar-refractivity contribution in [3.63, 3.8) is 0 Å². The minimum Gasteiger partial charge on any atom is -0.497 e. The number of aryl methyl sites for hydroxylation is 3. The van der Waals surface area contributed by atoms with Gasteiger partial charge in [0.15, 0.2) is 6.61 Å². The van der Waals surface area contributed by atoms with E-state index < -0.39 is 0 Å². The number of aromatic nitrogens is 3. The van der Waals surface area contributed by atoms with Gasteiger partial charge in [-0.3, -0.25) is 4.79 Å². The predicted octanol–water partition coefficient (Wildman–Crippen LogP) is 5.13. The zero-order valence-electron chi connectivity index (χ0n) is 18.3. The average molecular weight is 495 g/mol. The summed E-state index contributed by atoms with van der Waals surface area (Å²) in [6.45, 7) is 5.79. The summed E-state index contributed by atoms with van der Waals surface area (Å²) >= 11 is 3.50. The monoisotopic (exact) mass is 494 g/mol. The second kappa shape index (κ2) is 9.00. The van der Waals surface area contributed by atoms with Crippen molar-refractivity contribution in [1.82, 2.24) is 15.0 Å². The maximum atomic E-state index is 12.5. The van der Waals surface area contributed by atoms with Crippen molar-refractivity contribution in [3.8, 4) is 17.2 Å². The number of rotatable bonds is 6.